The van der Waals surface area contributed by atoms with Gasteiger partial charge in [0, 0.05) is 22.5 Å². The average molecular weight is 355 g/mol. The third-order valence-corrected chi connectivity index (χ3v) is 3.72. The highest BCUT2D eigenvalue weighted by atomic mass is 79.9. The molecule has 0 spiro atoms. The van der Waals surface area contributed by atoms with Gasteiger partial charge in [-0.05, 0) is 29.8 Å². The molecule has 2 aromatic carbocycles. The fourth-order valence-corrected chi connectivity index (χ4v) is 2.43. The normalized spacial score (nSPS) is 12.0. The van der Waals surface area contributed by atoms with Gasteiger partial charge in [0.25, 0.3) is 0 Å². The molecule has 0 aliphatic heterocycles. The molecule has 0 bridgehead atoms. The molecule has 0 amide bonds. The van der Waals surface area contributed by atoms with Gasteiger partial charge in [0.1, 0.15) is 17.3 Å². The van der Waals surface area contributed by atoms with Crippen molar-refractivity contribution in [3.8, 4) is 11.5 Å². The maximum atomic E-state index is 13.8. The number of aliphatic hydroxyl groups is 1. The zero-order valence-electron chi connectivity index (χ0n) is 11.8. The summed E-state index contributed by atoms with van der Waals surface area (Å²) in [5.41, 5.74) is 1.05. The van der Waals surface area contributed by atoms with Crippen LogP contribution in [0.25, 0.3) is 0 Å². The first-order valence-electron chi connectivity index (χ1n) is 6.39. The second-order valence-electron chi connectivity index (χ2n) is 4.56. The smallest absolute Gasteiger partial charge is 0.128 e. The van der Waals surface area contributed by atoms with Crippen LogP contribution in [-0.2, 0) is 6.42 Å². The van der Waals surface area contributed by atoms with Gasteiger partial charge < -0.3 is 14.6 Å². The lowest BCUT2D eigenvalue weighted by Crippen LogP contribution is -2.06. The van der Waals surface area contributed by atoms with Crippen LogP contribution in [0.3, 0.4) is 0 Å². The Labute approximate surface area is 131 Å². The van der Waals surface area contributed by atoms with E-state index in [1.807, 2.05) is 0 Å². The van der Waals surface area contributed by atoms with Crippen molar-refractivity contribution >= 4 is 15.9 Å². The van der Waals surface area contributed by atoms with Crippen molar-refractivity contribution in [3.05, 3.63) is 57.8 Å². The fraction of sp³-hybridized carbons (Fsp3) is 0.250. The molecule has 1 N–H and O–H groups in total. The first-order chi connectivity index (χ1) is 10.0. The van der Waals surface area contributed by atoms with Gasteiger partial charge in [-0.25, -0.2) is 4.39 Å². The summed E-state index contributed by atoms with van der Waals surface area (Å²) in [5, 5.41) is 10.3. The predicted molar refractivity (Wildman–Crippen MR) is 82.3 cm³/mol. The molecule has 0 saturated carbocycles. The first kappa shape index (κ1) is 15.8. The zero-order chi connectivity index (χ0) is 15.4. The Hall–Kier alpha value is -1.59. The third-order valence-electron chi connectivity index (χ3n) is 3.23. The molecular weight excluding hydrogens is 339 g/mol. The largest absolute Gasteiger partial charge is 0.497 e. The summed E-state index contributed by atoms with van der Waals surface area (Å²) in [7, 11) is 3.08. The van der Waals surface area contributed by atoms with Crippen molar-refractivity contribution in [1.82, 2.24) is 0 Å². The van der Waals surface area contributed by atoms with E-state index in [1.165, 1.54) is 13.2 Å². The summed E-state index contributed by atoms with van der Waals surface area (Å²) in [4.78, 5) is 0. The quantitative estimate of drug-likeness (QED) is 0.885. The molecule has 0 aliphatic carbocycles. The minimum atomic E-state index is -0.860. The Morgan fingerprint density at radius 1 is 1.14 bits per heavy atom. The van der Waals surface area contributed by atoms with Crippen LogP contribution in [0.1, 0.15) is 17.2 Å². The highest BCUT2D eigenvalue weighted by molar-refractivity contribution is 9.10. The molecule has 1 unspecified atom stereocenters. The predicted octanol–water partition coefficient (Wildman–Crippen LogP) is 3.88. The Balaban J connectivity index is 2.25. The summed E-state index contributed by atoms with van der Waals surface area (Å²) in [5.74, 6) is 0.799. The molecular formula is C16H16BrFO3. The van der Waals surface area contributed by atoms with Gasteiger partial charge in [-0.15, -0.1) is 0 Å². The SMILES string of the molecule is COc1ccc(C(O)Cc2ccc(Br)cc2F)c(OC)c1. The van der Waals surface area contributed by atoms with Gasteiger partial charge in [-0.2, -0.15) is 0 Å². The van der Waals surface area contributed by atoms with Crippen molar-refractivity contribution in [2.45, 2.75) is 12.5 Å². The van der Waals surface area contributed by atoms with Crippen molar-refractivity contribution in [2.24, 2.45) is 0 Å². The molecule has 3 nitrogen and oxygen atoms in total. The van der Waals surface area contributed by atoms with E-state index in [-0.39, 0.29) is 12.2 Å². The Kier molecular flexibility index (Phi) is 5.20. The number of benzene rings is 2. The standard InChI is InChI=1S/C16H16BrFO3/c1-20-12-5-6-13(16(9-12)21-2)15(19)7-10-3-4-11(17)8-14(10)18/h3-6,8-9,15,19H,7H2,1-2H3. The minimum Gasteiger partial charge on any atom is -0.497 e. The van der Waals surface area contributed by atoms with Gasteiger partial charge in [-0.1, -0.05) is 22.0 Å². The van der Waals surface area contributed by atoms with Crippen molar-refractivity contribution in [1.29, 1.82) is 0 Å². The molecule has 2 aromatic rings. The van der Waals surface area contributed by atoms with E-state index < -0.39 is 6.10 Å². The van der Waals surface area contributed by atoms with E-state index >= 15 is 0 Å². The van der Waals surface area contributed by atoms with E-state index in [2.05, 4.69) is 15.9 Å². The number of aliphatic hydroxyl groups excluding tert-OH is 1. The van der Waals surface area contributed by atoms with Crippen LogP contribution < -0.4 is 9.47 Å². The molecule has 0 fully saturated rings. The highest BCUT2D eigenvalue weighted by Crippen LogP contribution is 2.31. The monoisotopic (exact) mass is 354 g/mol. The van der Waals surface area contributed by atoms with Gasteiger partial charge >= 0.3 is 0 Å². The lowest BCUT2D eigenvalue weighted by molar-refractivity contribution is 0.172. The number of halogens is 2. The summed E-state index contributed by atoms with van der Waals surface area (Å²) < 4.78 is 24.9. The molecule has 0 heterocycles. The lowest BCUT2D eigenvalue weighted by Gasteiger charge is -2.16. The second kappa shape index (κ2) is 6.91. The van der Waals surface area contributed by atoms with E-state index in [0.29, 0.717) is 27.1 Å². The van der Waals surface area contributed by atoms with Crippen molar-refractivity contribution in [2.75, 3.05) is 14.2 Å². The molecule has 0 radical (unpaired) electrons. The summed E-state index contributed by atoms with van der Waals surface area (Å²) in [6.45, 7) is 0. The maximum Gasteiger partial charge on any atom is 0.128 e. The number of ether oxygens (including phenoxy) is 2. The van der Waals surface area contributed by atoms with E-state index in [1.54, 1.807) is 37.4 Å². The van der Waals surface area contributed by atoms with Crippen LogP contribution >= 0.6 is 15.9 Å². The summed E-state index contributed by atoms with van der Waals surface area (Å²) >= 11 is 3.21. The van der Waals surface area contributed by atoms with Gasteiger partial charge in [-0.3, -0.25) is 0 Å². The van der Waals surface area contributed by atoms with Crippen LogP contribution in [0.5, 0.6) is 11.5 Å². The third kappa shape index (κ3) is 3.74. The molecule has 0 aromatic heterocycles. The molecule has 112 valence electrons. The van der Waals surface area contributed by atoms with Gasteiger partial charge in [0.2, 0.25) is 0 Å². The van der Waals surface area contributed by atoms with Crippen LogP contribution in [0.15, 0.2) is 40.9 Å². The first-order valence-corrected chi connectivity index (χ1v) is 7.18. The topological polar surface area (TPSA) is 38.7 Å². The average Bonchev–Trinajstić information content (AvgIpc) is 2.49. The fourth-order valence-electron chi connectivity index (χ4n) is 2.10. The second-order valence-corrected chi connectivity index (χ2v) is 5.48. The highest BCUT2D eigenvalue weighted by Gasteiger charge is 2.16. The zero-order valence-corrected chi connectivity index (χ0v) is 13.4. The summed E-state index contributed by atoms with van der Waals surface area (Å²) in [6.07, 6.45) is -0.691. The van der Waals surface area contributed by atoms with Crippen molar-refractivity contribution < 1.29 is 19.0 Å². The minimum absolute atomic E-state index is 0.168. The van der Waals surface area contributed by atoms with Crippen molar-refractivity contribution in [3.63, 3.8) is 0 Å². The summed E-state index contributed by atoms with van der Waals surface area (Å²) in [6, 6.07) is 9.93. The maximum absolute atomic E-state index is 13.8. The Bertz CT molecular complexity index is 631. The number of methoxy groups -OCH3 is 2. The van der Waals surface area contributed by atoms with Gasteiger partial charge in [0.05, 0.1) is 20.3 Å². The lowest BCUT2D eigenvalue weighted by atomic mass is 10.00. The van der Waals surface area contributed by atoms with Crippen LogP contribution in [-0.4, -0.2) is 19.3 Å². The number of hydrogen-bond donors (Lipinski definition) is 1. The molecule has 1 atom stereocenters. The number of hydrogen-bond acceptors (Lipinski definition) is 3. The van der Waals surface area contributed by atoms with E-state index in [4.69, 9.17) is 9.47 Å². The molecule has 2 rings (SSSR count). The van der Waals surface area contributed by atoms with E-state index in [0.717, 1.165) is 0 Å². The van der Waals surface area contributed by atoms with Crippen LogP contribution in [0, 0.1) is 5.82 Å². The molecule has 0 saturated heterocycles. The van der Waals surface area contributed by atoms with E-state index in [9.17, 15) is 9.50 Å². The number of rotatable bonds is 5. The Morgan fingerprint density at radius 2 is 1.90 bits per heavy atom. The van der Waals surface area contributed by atoms with Gasteiger partial charge in [0.15, 0.2) is 0 Å². The molecule has 0 aliphatic rings. The van der Waals surface area contributed by atoms with Crippen LogP contribution in [0.2, 0.25) is 0 Å². The molecule has 21 heavy (non-hydrogen) atoms. The Morgan fingerprint density at radius 3 is 2.52 bits per heavy atom. The van der Waals surface area contributed by atoms with Crippen LogP contribution in [0.4, 0.5) is 4.39 Å². The molecule has 5 heteroatoms.